The number of piperidine rings is 1. The minimum absolute atomic E-state index is 0.0286. The SMILES string of the molecule is NS(=O)(=O)c1ccccc1.O=C(Nc1ccccc1)N1CCCCC1. The minimum atomic E-state index is -3.50. The van der Waals surface area contributed by atoms with Crippen molar-refractivity contribution in [1.29, 1.82) is 0 Å². The molecule has 0 radical (unpaired) electrons. The number of likely N-dealkylation sites (tertiary alicyclic amines) is 1. The molecule has 0 unspecified atom stereocenters. The van der Waals surface area contributed by atoms with Crippen molar-refractivity contribution in [3.05, 3.63) is 60.7 Å². The molecule has 3 N–H and O–H groups in total. The van der Waals surface area contributed by atoms with Crippen LogP contribution in [0.25, 0.3) is 0 Å². The summed E-state index contributed by atoms with van der Waals surface area (Å²) >= 11 is 0. The van der Waals surface area contributed by atoms with Gasteiger partial charge in [-0.05, 0) is 43.5 Å². The van der Waals surface area contributed by atoms with Crippen LogP contribution < -0.4 is 10.5 Å². The highest BCUT2D eigenvalue weighted by molar-refractivity contribution is 7.89. The van der Waals surface area contributed by atoms with Crippen molar-refractivity contribution >= 4 is 21.7 Å². The average Bonchev–Trinajstić information content (AvgIpc) is 2.64. The maximum atomic E-state index is 11.8. The molecule has 1 heterocycles. The first-order chi connectivity index (χ1) is 12.0. The number of carbonyl (C=O) groups is 1. The van der Waals surface area contributed by atoms with E-state index in [0.717, 1.165) is 31.6 Å². The molecule has 0 saturated carbocycles. The number of benzene rings is 2. The number of nitrogens with zero attached hydrogens (tertiary/aromatic N) is 1. The first kappa shape index (κ1) is 19.0. The molecule has 1 fully saturated rings. The topological polar surface area (TPSA) is 92.5 Å². The third kappa shape index (κ3) is 6.56. The number of para-hydroxylation sites is 1. The fourth-order valence-electron chi connectivity index (χ4n) is 2.43. The number of carbonyl (C=O) groups excluding carboxylic acids is 1. The Morgan fingerprint density at radius 1 is 0.880 bits per heavy atom. The summed E-state index contributed by atoms with van der Waals surface area (Å²) in [4.78, 5) is 13.8. The molecular formula is C18H23N3O3S. The second kappa shape index (κ2) is 9.19. The van der Waals surface area contributed by atoms with Crippen molar-refractivity contribution in [3.8, 4) is 0 Å². The lowest BCUT2D eigenvalue weighted by atomic mass is 10.1. The van der Waals surface area contributed by atoms with Crippen molar-refractivity contribution in [1.82, 2.24) is 4.90 Å². The largest absolute Gasteiger partial charge is 0.325 e. The highest BCUT2D eigenvalue weighted by Crippen LogP contribution is 2.11. The van der Waals surface area contributed by atoms with Crippen LogP contribution in [0.1, 0.15) is 19.3 Å². The van der Waals surface area contributed by atoms with Crippen LogP contribution in [0, 0.1) is 0 Å². The normalized spacial score (nSPS) is 14.2. The van der Waals surface area contributed by atoms with Crippen molar-refractivity contribution < 1.29 is 13.2 Å². The molecule has 6 nitrogen and oxygen atoms in total. The number of primary sulfonamides is 1. The molecule has 3 rings (SSSR count). The number of sulfonamides is 1. The van der Waals surface area contributed by atoms with Gasteiger partial charge < -0.3 is 10.2 Å². The third-order valence-corrected chi connectivity index (χ3v) is 4.67. The Labute approximate surface area is 148 Å². The number of rotatable bonds is 2. The number of urea groups is 1. The van der Waals surface area contributed by atoms with E-state index in [1.54, 1.807) is 18.2 Å². The van der Waals surface area contributed by atoms with Crippen LogP contribution in [0.5, 0.6) is 0 Å². The number of hydrogen-bond donors (Lipinski definition) is 2. The Morgan fingerprint density at radius 2 is 1.40 bits per heavy atom. The van der Waals surface area contributed by atoms with Gasteiger partial charge in [-0.1, -0.05) is 36.4 Å². The Hall–Kier alpha value is -2.38. The highest BCUT2D eigenvalue weighted by atomic mass is 32.2. The number of amides is 2. The van der Waals surface area contributed by atoms with E-state index in [1.165, 1.54) is 18.6 Å². The number of anilines is 1. The lowest BCUT2D eigenvalue weighted by molar-refractivity contribution is 0.200. The Morgan fingerprint density at radius 3 is 1.88 bits per heavy atom. The monoisotopic (exact) mass is 361 g/mol. The Balaban J connectivity index is 0.000000196. The molecule has 1 aliphatic heterocycles. The lowest BCUT2D eigenvalue weighted by Gasteiger charge is -2.26. The van der Waals surface area contributed by atoms with E-state index in [-0.39, 0.29) is 10.9 Å². The van der Waals surface area contributed by atoms with Crippen LogP contribution in [0.15, 0.2) is 65.6 Å². The highest BCUT2D eigenvalue weighted by Gasteiger charge is 2.15. The third-order valence-electron chi connectivity index (χ3n) is 3.74. The van der Waals surface area contributed by atoms with Crippen LogP contribution in [-0.2, 0) is 10.0 Å². The summed E-state index contributed by atoms with van der Waals surface area (Å²) < 4.78 is 21.2. The smallest absolute Gasteiger partial charge is 0.321 e. The summed E-state index contributed by atoms with van der Waals surface area (Å²) in [5.41, 5.74) is 0.869. The lowest BCUT2D eigenvalue weighted by Crippen LogP contribution is -2.38. The standard InChI is InChI=1S/C12H16N2O.C6H7NO2S/c15-12(14-9-5-2-6-10-14)13-11-7-3-1-4-8-11;7-10(8,9)6-4-2-1-3-5-6/h1,3-4,7-8H,2,5-6,9-10H2,(H,13,15);1-5H,(H2,7,8,9). The molecule has 2 aromatic rings. The van der Waals surface area contributed by atoms with Gasteiger partial charge in [-0.25, -0.2) is 18.4 Å². The molecule has 1 aliphatic rings. The summed E-state index contributed by atoms with van der Waals surface area (Å²) in [6, 6.07) is 17.5. The predicted molar refractivity (Wildman–Crippen MR) is 98.7 cm³/mol. The molecule has 0 spiro atoms. The zero-order valence-corrected chi connectivity index (χ0v) is 14.8. The van der Waals surface area contributed by atoms with E-state index < -0.39 is 10.0 Å². The van der Waals surface area contributed by atoms with Gasteiger partial charge in [-0.15, -0.1) is 0 Å². The molecule has 0 aliphatic carbocycles. The molecule has 2 aromatic carbocycles. The minimum Gasteiger partial charge on any atom is -0.325 e. The van der Waals surface area contributed by atoms with Gasteiger partial charge in [0.2, 0.25) is 10.0 Å². The van der Waals surface area contributed by atoms with Crippen LogP contribution in [0.3, 0.4) is 0 Å². The molecule has 7 heteroatoms. The Kier molecular flexibility index (Phi) is 6.97. The molecule has 134 valence electrons. The summed E-state index contributed by atoms with van der Waals surface area (Å²) in [6.07, 6.45) is 3.50. The summed E-state index contributed by atoms with van der Waals surface area (Å²) in [7, 11) is -3.50. The van der Waals surface area contributed by atoms with Crippen LogP contribution in [-0.4, -0.2) is 32.4 Å². The van der Waals surface area contributed by atoms with E-state index in [4.69, 9.17) is 5.14 Å². The molecule has 2 amide bonds. The molecule has 0 atom stereocenters. The molecule has 0 aromatic heterocycles. The van der Waals surface area contributed by atoms with Gasteiger partial charge in [0.25, 0.3) is 0 Å². The van der Waals surface area contributed by atoms with Crippen LogP contribution >= 0.6 is 0 Å². The summed E-state index contributed by atoms with van der Waals surface area (Å²) in [5.74, 6) is 0. The van der Waals surface area contributed by atoms with Gasteiger partial charge >= 0.3 is 6.03 Å². The number of nitrogens with two attached hydrogens (primary N) is 1. The van der Waals surface area contributed by atoms with Gasteiger partial charge in [0.1, 0.15) is 0 Å². The fourth-order valence-corrected chi connectivity index (χ4v) is 2.97. The first-order valence-corrected chi connectivity index (χ1v) is 9.70. The second-order valence-electron chi connectivity index (χ2n) is 5.70. The van der Waals surface area contributed by atoms with E-state index in [9.17, 15) is 13.2 Å². The number of nitrogens with one attached hydrogen (secondary N) is 1. The van der Waals surface area contributed by atoms with Crippen molar-refractivity contribution in [3.63, 3.8) is 0 Å². The molecule has 25 heavy (non-hydrogen) atoms. The van der Waals surface area contributed by atoms with Crippen molar-refractivity contribution in [2.45, 2.75) is 24.2 Å². The predicted octanol–water partition coefficient (Wildman–Crippen LogP) is 3.04. The first-order valence-electron chi connectivity index (χ1n) is 8.15. The van der Waals surface area contributed by atoms with E-state index >= 15 is 0 Å². The average molecular weight is 361 g/mol. The van der Waals surface area contributed by atoms with E-state index in [0.29, 0.717) is 0 Å². The van der Waals surface area contributed by atoms with Gasteiger partial charge in [0.15, 0.2) is 0 Å². The van der Waals surface area contributed by atoms with Gasteiger partial charge in [-0.2, -0.15) is 0 Å². The molecular weight excluding hydrogens is 338 g/mol. The zero-order chi connectivity index (χ0) is 18.1. The van der Waals surface area contributed by atoms with Crippen LogP contribution in [0.2, 0.25) is 0 Å². The van der Waals surface area contributed by atoms with Crippen molar-refractivity contribution in [2.24, 2.45) is 5.14 Å². The van der Waals surface area contributed by atoms with Crippen LogP contribution in [0.4, 0.5) is 10.5 Å². The van der Waals surface area contributed by atoms with Crippen molar-refractivity contribution in [2.75, 3.05) is 18.4 Å². The zero-order valence-electron chi connectivity index (χ0n) is 14.0. The van der Waals surface area contributed by atoms with Gasteiger partial charge in [0.05, 0.1) is 4.90 Å². The maximum Gasteiger partial charge on any atom is 0.321 e. The van der Waals surface area contributed by atoms with Gasteiger partial charge in [-0.3, -0.25) is 0 Å². The van der Waals surface area contributed by atoms with E-state index in [2.05, 4.69) is 5.32 Å². The second-order valence-corrected chi connectivity index (χ2v) is 7.26. The Bertz CT molecular complexity index is 759. The molecule has 1 saturated heterocycles. The fraction of sp³-hybridized carbons (Fsp3) is 0.278. The number of hydrogen-bond acceptors (Lipinski definition) is 3. The summed E-state index contributed by atoms with van der Waals surface area (Å²) in [6.45, 7) is 1.78. The van der Waals surface area contributed by atoms with Gasteiger partial charge in [0, 0.05) is 18.8 Å². The maximum absolute atomic E-state index is 11.8. The quantitative estimate of drug-likeness (QED) is 0.861. The van der Waals surface area contributed by atoms with E-state index in [1.807, 2.05) is 35.2 Å². The summed E-state index contributed by atoms with van der Waals surface area (Å²) in [5, 5.41) is 7.73. The molecule has 0 bridgehead atoms.